The number of halogens is 1. The molecule has 0 aromatic carbocycles. The van der Waals surface area contributed by atoms with Crippen LogP contribution in [0.5, 0.6) is 0 Å². The molecule has 0 amide bonds. The fraction of sp³-hybridized carbons (Fsp3) is 0.300. The van der Waals surface area contributed by atoms with E-state index in [2.05, 4.69) is 20.9 Å². The number of carboxylic acids is 2. The molecule has 0 saturated heterocycles. The SMILES string of the molecule is O=C(O)CC(CC(=O)O)c1cccnc1Br. The van der Waals surface area contributed by atoms with E-state index in [0.29, 0.717) is 10.2 Å². The number of hydrogen-bond acceptors (Lipinski definition) is 3. The quantitative estimate of drug-likeness (QED) is 0.808. The predicted octanol–water partition coefficient (Wildman–Crippen LogP) is 1.88. The number of hydrogen-bond donors (Lipinski definition) is 2. The maximum absolute atomic E-state index is 10.6. The van der Waals surface area contributed by atoms with Crippen molar-refractivity contribution in [1.29, 1.82) is 0 Å². The summed E-state index contributed by atoms with van der Waals surface area (Å²) in [6.07, 6.45) is 1.10. The Morgan fingerprint density at radius 1 is 1.31 bits per heavy atom. The molecule has 16 heavy (non-hydrogen) atoms. The molecule has 0 bridgehead atoms. The van der Waals surface area contributed by atoms with Crippen molar-refractivity contribution in [3.63, 3.8) is 0 Å². The van der Waals surface area contributed by atoms with E-state index in [1.807, 2.05) is 0 Å². The maximum atomic E-state index is 10.6. The van der Waals surface area contributed by atoms with Crippen LogP contribution in [0, 0.1) is 0 Å². The van der Waals surface area contributed by atoms with E-state index in [-0.39, 0.29) is 12.8 Å². The molecule has 1 aromatic rings. The minimum absolute atomic E-state index is 0.226. The van der Waals surface area contributed by atoms with Crippen molar-refractivity contribution in [2.75, 3.05) is 0 Å². The second-order valence-corrected chi connectivity index (χ2v) is 4.03. The highest BCUT2D eigenvalue weighted by molar-refractivity contribution is 9.10. The van der Waals surface area contributed by atoms with E-state index in [1.54, 1.807) is 18.3 Å². The third-order valence-corrected chi connectivity index (χ3v) is 2.73. The van der Waals surface area contributed by atoms with E-state index in [4.69, 9.17) is 10.2 Å². The van der Waals surface area contributed by atoms with E-state index in [1.165, 1.54) is 0 Å². The van der Waals surface area contributed by atoms with Gasteiger partial charge in [0.2, 0.25) is 0 Å². The molecule has 1 rings (SSSR count). The van der Waals surface area contributed by atoms with Crippen molar-refractivity contribution in [2.45, 2.75) is 18.8 Å². The predicted molar refractivity (Wildman–Crippen MR) is 59.2 cm³/mol. The van der Waals surface area contributed by atoms with Gasteiger partial charge in [-0.15, -0.1) is 0 Å². The number of aromatic nitrogens is 1. The Hall–Kier alpha value is -1.43. The van der Waals surface area contributed by atoms with Gasteiger partial charge in [0.15, 0.2) is 0 Å². The third-order valence-electron chi connectivity index (χ3n) is 2.07. The minimum atomic E-state index is -1.03. The zero-order valence-electron chi connectivity index (χ0n) is 8.26. The first-order valence-corrected chi connectivity index (χ1v) is 5.34. The molecule has 1 heterocycles. The molecule has 0 radical (unpaired) electrons. The summed E-state index contributed by atoms with van der Waals surface area (Å²) in [5.74, 6) is -2.62. The van der Waals surface area contributed by atoms with Crippen molar-refractivity contribution in [2.24, 2.45) is 0 Å². The lowest BCUT2D eigenvalue weighted by atomic mass is 9.94. The van der Waals surface area contributed by atoms with Gasteiger partial charge in [-0.3, -0.25) is 9.59 Å². The van der Waals surface area contributed by atoms with E-state index < -0.39 is 17.9 Å². The van der Waals surface area contributed by atoms with Crippen molar-refractivity contribution < 1.29 is 19.8 Å². The number of carboxylic acid groups (broad SMARTS) is 2. The van der Waals surface area contributed by atoms with Gasteiger partial charge in [-0.05, 0) is 27.6 Å². The zero-order valence-corrected chi connectivity index (χ0v) is 9.85. The topological polar surface area (TPSA) is 87.5 Å². The van der Waals surface area contributed by atoms with Crippen molar-refractivity contribution in [3.8, 4) is 0 Å². The van der Waals surface area contributed by atoms with Crippen molar-refractivity contribution in [1.82, 2.24) is 4.98 Å². The summed E-state index contributed by atoms with van der Waals surface area (Å²) in [6, 6.07) is 3.32. The fourth-order valence-electron chi connectivity index (χ4n) is 1.42. The van der Waals surface area contributed by atoms with Crippen molar-refractivity contribution >= 4 is 27.9 Å². The number of carbonyl (C=O) groups is 2. The first kappa shape index (κ1) is 12.6. The van der Waals surface area contributed by atoms with Crippen LogP contribution in [-0.2, 0) is 9.59 Å². The summed E-state index contributed by atoms with van der Waals surface area (Å²) in [5, 5.41) is 17.4. The number of aliphatic carboxylic acids is 2. The van der Waals surface area contributed by atoms with Crippen LogP contribution in [-0.4, -0.2) is 27.1 Å². The van der Waals surface area contributed by atoms with E-state index >= 15 is 0 Å². The average molecular weight is 288 g/mol. The first-order chi connectivity index (χ1) is 7.50. The van der Waals surface area contributed by atoms with Crippen LogP contribution in [0.2, 0.25) is 0 Å². The second-order valence-electron chi connectivity index (χ2n) is 3.28. The van der Waals surface area contributed by atoms with Crippen LogP contribution >= 0.6 is 15.9 Å². The second kappa shape index (κ2) is 5.60. The van der Waals surface area contributed by atoms with Gasteiger partial charge in [0.1, 0.15) is 4.60 Å². The smallest absolute Gasteiger partial charge is 0.303 e. The molecule has 0 unspecified atom stereocenters. The lowest BCUT2D eigenvalue weighted by molar-refractivity contribution is -0.139. The highest BCUT2D eigenvalue weighted by atomic mass is 79.9. The Morgan fingerprint density at radius 3 is 2.31 bits per heavy atom. The number of nitrogens with zero attached hydrogens (tertiary/aromatic N) is 1. The van der Waals surface area contributed by atoms with Crippen LogP contribution in [0.25, 0.3) is 0 Å². The Kier molecular flexibility index (Phi) is 4.42. The molecule has 0 aliphatic heterocycles. The van der Waals surface area contributed by atoms with Gasteiger partial charge in [0.05, 0.1) is 12.8 Å². The Labute approximate surface area is 100 Å². The Balaban J connectivity index is 2.96. The molecule has 5 nitrogen and oxygen atoms in total. The third kappa shape index (κ3) is 3.62. The van der Waals surface area contributed by atoms with Crippen LogP contribution in [0.4, 0.5) is 0 Å². The summed E-state index contributed by atoms with van der Waals surface area (Å²) < 4.78 is 0.488. The average Bonchev–Trinajstić information content (AvgIpc) is 2.15. The van der Waals surface area contributed by atoms with Crippen LogP contribution in [0.1, 0.15) is 24.3 Å². The molecule has 86 valence electrons. The molecular weight excluding hydrogens is 278 g/mol. The van der Waals surface area contributed by atoms with Gasteiger partial charge in [-0.1, -0.05) is 6.07 Å². The molecule has 0 aliphatic rings. The van der Waals surface area contributed by atoms with Crippen LogP contribution < -0.4 is 0 Å². The molecule has 1 aromatic heterocycles. The number of pyridine rings is 1. The Morgan fingerprint density at radius 2 is 1.88 bits per heavy atom. The molecular formula is C10H10BrNO4. The normalized spacial score (nSPS) is 10.4. The van der Waals surface area contributed by atoms with E-state index in [9.17, 15) is 9.59 Å². The minimum Gasteiger partial charge on any atom is -0.481 e. The molecule has 0 atom stereocenters. The fourth-order valence-corrected chi connectivity index (χ4v) is 1.99. The lowest BCUT2D eigenvalue weighted by Crippen LogP contribution is -2.12. The summed E-state index contributed by atoms with van der Waals surface area (Å²) in [6.45, 7) is 0. The van der Waals surface area contributed by atoms with Gasteiger partial charge in [0.25, 0.3) is 0 Å². The number of rotatable bonds is 5. The summed E-state index contributed by atoms with van der Waals surface area (Å²) in [4.78, 5) is 25.2. The highest BCUT2D eigenvalue weighted by Crippen LogP contribution is 2.28. The van der Waals surface area contributed by atoms with Gasteiger partial charge >= 0.3 is 11.9 Å². The molecule has 0 fully saturated rings. The van der Waals surface area contributed by atoms with Crippen LogP contribution in [0.15, 0.2) is 22.9 Å². The molecule has 0 saturated carbocycles. The lowest BCUT2D eigenvalue weighted by Gasteiger charge is -2.13. The monoisotopic (exact) mass is 287 g/mol. The Bertz CT molecular complexity index is 392. The highest BCUT2D eigenvalue weighted by Gasteiger charge is 2.21. The molecule has 6 heteroatoms. The molecule has 0 aliphatic carbocycles. The first-order valence-electron chi connectivity index (χ1n) is 4.54. The van der Waals surface area contributed by atoms with Gasteiger partial charge < -0.3 is 10.2 Å². The summed E-state index contributed by atoms with van der Waals surface area (Å²) in [5.41, 5.74) is 0.604. The largest absolute Gasteiger partial charge is 0.481 e. The van der Waals surface area contributed by atoms with Gasteiger partial charge in [0, 0.05) is 12.1 Å². The summed E-state index contributed by atoms with van der Waals surface area (Å²) in [7, 11) is 0. The standard InChI is InChI=1S/C10H10BrNO4/c11-10-7(2-1-3-12-10)6(4-8(13)14)5-9(15)16/h1-3,6H,4-5H2,(H,13,14)(H,15,16). The zero-order chi connectivity index (χ0) is 12.1. The van der Waals surface area contributed by atoms with Gasteiger partial charge in [-0.2, -0.15) is 0 Å². The van der Waals surface area contributed by atoms with Crippen molar-refractivity contribution in [3.05, 3.63) is 28.5 Å². The molecule has 0 spiro atoms. The van der Waals surface area contributed by atoms with E-state index in [0.717, 1.165) is 0 Å². The summed E-state index contributed by atoms with van der Waals surface area (Å²) >= 11 is 3.18. The van der Waals surface area contributed by atoms with Crippen LogP contribution in [0.3, 0.4) is 0 Å². The van der Waals surface area contributed by atoms with Gasteiger partial charge in [-0.25, -0.2) is 4.98 Å². The molecule has 2 N–H and O–H groups in total. The maximum Gasteiger partial charge on any atom is 0.303 e.